The zero-order chi connectivity index (χ0) is 17.3. The molecule has 3 rings (SSSR count). The molecule has 0 aliphatic heterocycles. The largest absolute Gasteiger partial charge is 0.378 e. The number of hydrogen-bond donors (Lipinski definition) is 2. The Bertz CT molecular complexity index is 841. The monoisotopic (exact) mass is 341 g/mol. The molecule has 0 amide bonds. The number of H-pyrrole nitrogens is 1. The quantitative estimate of drug-likeness (QED) is 0.735. The van der Waals surface area contributed by atoms with Gasteiger partial charge in [-0.05, 0) is 30.9 Å². The summed E-state index contributed by atoms with van der Waals surface area (Å²) in [6.07, 6.45) is 1.99. The van der Waals surface area contributed by atoms with E-state index in [0.717, 1.165) is 34.5 Å². The van der Waals surface area contributed by atoms with Crippen molar-refractivity contribution in [2.75, 3.05) is 5.32 Å². The number of aryl methyl sites for hydroxylation is 2. The molecule has 0 aliphatic rings. The molecule has 126 valence electrons. The number of benzene rings is 1. The van der Waals surface area contributed by atoms with Crippen molar-refractivity contribution >= 4 is 17.0 Å². The van der Waals surface area contributed by atoms with E-state index in [2.05, 4.69) is 65.3 Å². The van der Waals surface area contributed by atoms with E-state index in [1.165, 1.54) is 10.4 Å². The smallest absolute Gasteiger partial charge is 0.181 e. The Morgan fingerprint density at radius 1 is 1.21 bits per heavy atom. The molecule has 0 radical (unpaired) electrons. The van der Waals surface area contributed by atoms with Gasteiger partial charge in [0.2, 0.25) is 0 Å². The minimum Gasteiger partial charge on any atom is -0.378 e. The summed E-state index contributed by atoms with van der Waals surface area (Å²) in [5, 5.41) is 11.7. The highest BCUT2D eigenvalue weighted by atomic mass is 32.1. The molecular weight excluding hydrogens is 318 g/mol. The molecule has 2 N–H and O–H groups in total. The van der Waals surface area contributed by atoms with E-state index in [-0.39, 0.29) is 5.41 Å². The normalized spacial score (nSPS) is 11.7. The van der Waals surface area contributed by atoms with Crippen molar-refractivity contribution in [3.8, 4) is 11.4 Å². The number of aromatic amines is 1. The third kappa shape index (κ3) is 3.64. The molecule has 1 aromatic carbocycles. The molecule has 3 aromatic rings. The Morgan fingerprint density at radius 2 is 2.00 bits per heavy atom. The fourth-order valence-corrected chi connectivity index (χ4v) is 3.25. The Balaban J connectivity index is 1.76. The molecule has 2 aromatic heterocycles. The van der Waals surface area contributed by atoms with Gasteiger partial charge in [-0.1, -0.05) is 32.9 Å². The van der Waals surface area contributed by atoms with Crippen LogP contribution in [0, 0.1) is 13.8 Å². The highest BCUT2D eigenvalue weighted by Crippen LogP contribution is 2.29. The predicted octanol–water partition coefficient (Wildman–Crippen LogP) is 4.45. The Hall–Kier alpha value is -2.21. The number of hydrogen-bond acceptors (Lipinski definition) is 5. The standard InChI is InChI=1S/C18H23N5S/c1-11-6-7-13(17-21-12(2)22-23-17)8-14(11)19-10-16-20-9-15(24-16)18(3,4)5/h6-9,19H,10H2,1-5H3,(H,21,22,23). The summed E-state index contributed by atoms with van der Waals surface area (Å²) in [7, 11) is 0. The van der Waals surface area contributed by atoms with Crippen LogP contribution < -0.4 is 5.32 Å². The van der Waals surface area contributed by atoms with Crippen LogP contribution in [0.25, 0.3) is 11.4 Å². The molecule has 2 heterocycles. The number of aromatic nitrogens is 4. The lowest BCUT2D eigenvalue weighted by molar-refractivity contribution is 0.602. The first-order valence-electron chi connectivity index (χ1n) is 8.02. The van der Waals surface area contributed by atoms with Crippen LogP contribution in [0.4, 0.5) is 5.69 Å². The Morgan fingerprint density at radius 3 is 2.62 bits per heavy atom. The van der Waals surface area contributed by atoms with Crippen molar-refractivity contribution in [2.24, 2.45) is 0 Å². The van der Waals surface area contributed by atoms with E-state index in [9.17, 15) is 0 Å². The maximum absolute atomic E-state index is 4.54. The molecule has 0 saturated carbocycles. The Labute approximate surface area is 146 Å². The second kappa shape index (κ2) is 6.36. The van der Waals surface area contributed by atoms with Gasteiger partial charge in [-0.25, -0.2) is 9.97 Å². The first-order chi connectivity index (χ1) is 11.3. The number of nitrogens with one attached hydrogen (secondary N) is 2. The van der Waals surface area contributed by atoms with Crippen LogP contribution in [0.1, 0.15) is 42.0 Å². The van der Waals surface area contributed by atoms with Crippen LogP contribution in [-0.2, 0) is 12.0 Å². The highest BCUT2D eigenvalue weighted by Gasteiger charge is 2.17. The summed E-state index contributed by atoms with van der Waals surface area (Å²) in [6, 6.07) is 6.23. The minimum absolute atomic E-state index is 0.148. The number of thiazole rings is 1. The van der Waals surface area contributed by atoms with Crippen LogP contribution in [-0.4, -0.2) is 20.2 Å². The zero-order valence-corrected chi connectivity index (χ0v) is 15.6. The number of nitrogens with zero attached hydrogens (tertiary/aromatic N) is 3. The van der Waals surface area contributed by atoms with Crippen LogP contribution >= 0.6 is 11.3 Å². The van der Waals surface area contributed by atoms with Crippen molar-refractivity contribution in [1.29, 1.82) is 0 Å². The van der Waals surface area contributed by atoms with Crippen molar-refractivity contribution in [3.63, 3.8) is 0 Å². The van der Waals surface area contributed by atoms with Crippen LogP contribution in [0.5, 0.6) is 0 Å². The third-order valence-electron chi connectivity index (χ3n) is 3.82. The first-order valence-corrected chi connectivity index (χ1v) is 8.83. The fourth-order valence-electron chi connectivity index (χ4n) is 2.33. The maximum atomic E-state index is 4.54. The summed E-state index contributed by atoms with van der Waals surface area (Å²) in [6.45, 7) is 11.4. The topological polar surface area (TPSA) is 66.5 Å². The molecule has 24 heavy (non-hydrogen) atoms. The summed E-state index contributed by atoms with van der Waals surface area (Å²) in [5.41, 5.74) is 3.43. The summed E-state index contributed by atoms with van der Waals surface area (Å²) < 4.78 is 0. The van der Waals surface area contributed by atoms with Gasteiger partial charge in [-0.3, -0.25) is 5.10 Å². The predicted molar refractivity (Wildman–Crippen MR) is 99.4 cm³/mol. The van der Waals surface area contributed by atoms with E-state index >= 15 is 0 Å². The van der Waals surface area contributed by atoms with Gasteiger partial charge in [0.25, 0.3) is 0 Å². The van der Waals surface area contributed by atoms with E-state index in [4.69, 9.17) is 0 Å². The SMILES string of the molecule is Cc1nc(-c2ccc(C)c(NCc3ncc(C(C)(C)C)s3)c2)n[nH]1. The van der Waals surface area contributed by atoms with Crippen molar-refractivity contribution in [3.05, 3.63) is 45.7 Å². The molecule has 0 fully saturated rings. The van der Waals surface area contributed by atoms with Gasteiger partial charge >= 0.3 is 0 Å². The molecule has 0 spiro atoms. The van der Waals surface area contributed by atoms with Gasteiger partial charge in [0.15, 0.2) is 5.82 Å². The van der Waals surface area contributed by atoms with Gasteiger partial charge in [0, 0.05) is 22.3 Å². The van der Waals surface area contributed by atoms with Crippen LogP contribution in [0.2, 0.25) is 0 Å². The van der Waals surface area contributed by atoms with Gasteiger partial charge in [-0.2, -0.15) is 5.10 Å². The summed E-state index contributed by atoms with van der Waals surface area (Å²) in [5.74, 6) is 1.54. The molecule has 0 aliphatic carbocycles. The summed E-state index contributed by atoms with van der Waals surface area (Å²) in [4.78, 5) is 10.2. The second-order valence-electron chi connectivity index (χ2n) is 7.00. The first kappa shape index (κ1) is 16.6. The second-order valence-corrected chi connectivity index (χ2v) is 8.11. The van der Waals surface area contributed by atoms with Gasteiger partial charge < -0.3 is 5.32 Å². The average Bonchev–Trinajstić information content (AvgIpc) is 3.15. The molecule has 6 heteroatoms. The number of rotatable bonds is 4. The lowest BCUT2D eigenvalue weighted by Crippen LogP contribution is -2.07. The van der Waals surface area contributed by atoms with Gasteiger partial charge in [-0.15, -0.1) is 11.3 Å². The lowest BCUT2D eigenvalue weighted by Gasteiger charge is -2.14. The van der Waals surface area contributed by atoms with Gasteiger partial charge in [0.1, 0.15) is 10.8 Å². The van der Waals surface area contributed by atoms with Gasteiger partial charge in [0.05, 0.1) is 6.54 Å². The molecule has 5 nitrogen and oxygen atoms in total. The highest BCUT2D eigenvalue weighted by molar-refractivity contribution is 7.11. The van der Waals surface area contributed by atoms with Crippen molar-refractivity contribution in [1.82, 2.24) is 20.2 Å². The van der Waals surface area contributed by atoms with Crippen molar-refractivity contribution in [2.45, 2.75) is 46.6 Å². The van der Waals surface area contributed by atoms with E-state index in [0.29, 0.717) is 0 Å². The third-order valence-corrected chi connectivity index (χ3v) is 5.24. The lowest BCUT2D eigenvalue weighted by atomic mass is 9.96. The van der Waals surface area contributed by atoms with E-state index in [1.54, 1.807) is 11.3 Å². The fraction of sp³-hybridized carbons (Fsp3) is 0.389. The zero-order valence-electron chi connectivity index (χ0n) is 14.8. The van der Waals surface area contributed by atoms with E-state index in [1.807, 2.05) is 19.2 Å². The number of anilines is 1. The van der Waals surface area contributed by atoms with E-state index < -0.39 is 0 Å². The molecule has 0 saturated heterocycles. The van der Waals surface area contributed by atoms with Crippen LogP contribution in [0.15, 0.2) is 24.4 Å². The molecular formula is C18H23N5S. The molecule has 0 bridgehead atoms. The average molecular weight is 341 g/mol. The molecule has 0 atom stereocenters. The minimum atomic E-state index is 0.148. The maximum Gasteiger partial charge on any atom is 0.181 e. The molecule has 0 unspecified atom stereocenters. The summed E-state index contributed by atoms with van der Waals surface area (Å²) >= 11 is 1.77. The Kier molecular flexibility index (Phi) is 4.41. The van der Waals surface area contributed by atoms with Crippen LogP contribution in [0.3, 0.4) is 0 Å². The van der Waals surface area contributed by atoms with Crippen molar-refractivity contribution < 1.29 is 0 Å².